The molecule has 34 nitrogen and oxygen atoms in total. The number of alkyl halides is 6. The molecule has 3 saturated heterocycles. The van der Waals surface area contributed by atoms with Crippen molar-refractivity contribution < 1.29 is 144 Å². The van der Waals surface area contributed by atoms with Crippen LogP contribution in [0.2, 0.25) is 19.6 Å². The lowest BCUT2D eigenvalue weighted by Gasteiger charge is -2.33. The zero-order valence-corrected chi connectivity index (χ0v) is 73.8. The number of aliphatic hydroxyl groups is 2. The van der Waals surface area contributed by atoms with Crippen molar-refractivity contribution in [3.8, 4) is 0 Å². The van der Waals surface area contributed by atoms with Gasteiger partial charge in [-0.2, -0.15) is 26.3 Å². The van der Waals surface area contributed by atoms with Gasteiger partial charge in [-0.3, -0.25) is 33.0 Å². The van der Waals surface area contributed by atoms with E-state index in [4.69, 9.17) is 59.9 Å². The van der Waals surface area contributed by atoms with Gasteiger partial charge in [0.2, 0.25) is 28.9 Å². The van der Waals surface area contributed by atoms with E-state index in [0.717, 1.165) is 6.42 Å². The van der Waals surface area contributed by atoms with Crippen LogP contribution < -0.4 is 32.7 Å². The number of halogens is 6. The van der Waals surface area contributed by atoms with E-state index in [0.29, 0.717) is 44.0 Å². The van der Waals surface area contributed by atoms with Crippen molar-refractivity contribution in [3.63, 3.8) is 0 Å². The standard InChI is InChI=1S/C15H26N2O4.C12H22N2O4.C11H16N2O6.C11H18NO2.C6H11NO2.C5H11NO.C5H12O2.C4H9F3O2S2Si.CHF3O2S2/c1-7-8-11-10-20-15(5,6)17(11)12(18)9-16-13(19)21-14(2,3)4;1-5-6-9(8-15)14-10(16)7-13-11(17)18-12(2,3)4;1-11(2,3)18-10(17)12-6-9(16)19-13-7(14)4-5-8(13)15;1-5-7-9-8-14-11(3,4)12(9)10(13)6-2;1-2-3-5(7)4-6(8)9;1-2-3-5(6)4-7;1-5(2,6-3)7-4;1-12(2,3)9-11(8,10)4(5,6)7;2-1(3,4)8(5,6)7/h7,11H,1,8-10H2,2-6H3,(H,16,19);5,9,15H,1,6-8H2,2-4H3,(H,13,17)(H,14,16);4-6H2,1-3H3,(H,12,17);5,9H,1-2,6-8H2,3-4H3;2,5H,1,3-4,7H2,(H,8,9);2,5,7H,1,3-4,6H2;1-4H3;1-3H3;(H,5,6,7)/q;;;+1;;;;;/p-1/t11-;9-;;9-;2*5-;;;/m00.000.../s1. The Balaban J connectivity index is -0.000000298. The number of carboxylic acids is 1. The summed E-state index contributed by atoms with van der Waals surface area (Å²) in [5.74, 6) is -3.89. The molecule has 7 atom stereocenters. The fourth-order valence-corrected chi connectivity index (χ4v) is 12.7. The quantitative estimate of drug-likeness (QED) is 0.00712. The summed E-state index contributed by atoms with van der Waals surface area (Å²) in [5.41, 5.74) is -2.67. The average Bonchev–Trinajstić information content (AvgIpc) is 1.67. The van der Waals surface area contributed by atoms with Crippen LogP contribution in [0.25, 0.3) is 0 Å². The molecule has 3 aliphatic heterocycles. The van der Waals surface area contributed by atoms with Crippen LogP contribution in [0.4, 0.5) is 40.7 Å². The second kappa shape index (κ2) is 55.6. The largest absolute Gasteiger partial charge is 0.763 e. The molecular formula is C70H125F6N9O25S4Si. The van der Waals surface area contributed by atoms with E-state index < -0.39 is 119 Å². The fourth-order valence-electron chi connectivity index (χ4n) is 7.82. The van der Waals surface area contributed by atoms with Crippen molar-refractivity contribution >= 4 is 108 Å². The molecule has 115 heavy (non-hydrogen) atoms. The highest BCUT2D eigenvalue weighted by atomic mass is 32.8. The third-order valence-electron chi connectivity index (χ3n) is 12.9. The predicted octanol–water partition coefficient (Wildman–Crippen LogP) is 8.15. The first kappa shape index (κ1) is 119. The first-order valence-corrected chi connectivity index (χ1v) is 43.2. The third-order valence-corrected chi connectivity index (χ3v) is 18.6. The molecule has 3 heterocycles. The number of methoxy groups -OCH3 is 2. The first-order valence-electron chi connectivity index (χ1n) is 35.0. The number of imide groups is 1. The molecule has 0 aromatic rings. The number of nitrogens with one attached hydrogen (secondary N) is 4. The van der Waals surface area contributed by atoms with Gasteiger partial charge in [0.1, 0.15) is 47.9 Å². The van der Waals surface area contributed by atoms with Crippen LogP contribution in [0.1, 0.15) is 162 Å². The van der Waals surface area contributed by atoms with E-state index in [1.807, 2.05) is 47.6 Å². The molecule has 3 fully saturated rings. The highest BCUT2D eigenvalue weighted by Gasteiger charge is 2.47. The van der Waals surface area contributed by atoms with E-state index in [9.17, 15) is 87.3 Å². The summed E-state index contributed by atoms with van der Waals surface area (Å²) in [6.07, 6.45) is 9.93. The number of ether oxygens (including phenoxy) is 7. The van der Waals surface area contributed by atoms with Crippen molar-refractivity contribution in [1.82, 2.24) is 36.1 Å². The number of hydroxylamine groups is 2. The maximum absolute atomic E-state index is 12.4. The summed E-state index contributed by atoms with van der Waals surface area (Å²) in [6, 6.07) is -0.699. The third kappa shape index (κ3) is 61.1. The Bertz CT molecular complexity index is 3270. The highest BCUT2D eigenvalue weighted by Crippen LogP contribution is 2.32. The summed E-state index contributed by atoms with van der Waals surface area (Å²) >= 11 is 6.91. The molecule has 0 saturated carbocycles. The van der Waals surface area contributed by atoms with Crippen LogP contribution >= 0.6 is 0 Å². The van der Waals surface area contributed by atoms with Gasteiger partial charge in [-0.25, -0.2) is 23.4 Å². The van der Waals surface area contributed by atoms with E-state index in [-0.39, 0.29) is 99.9 Å². The molecule has 0 radical (unpaired) electrons. The molecule has 0 aliphatic carbocycles. The molecule has 2 unspecified atom stereocenters. The lowest BCUT2D eigenvalue weighted by Crippen LogP contribution is -2.51. The number of nitrogens with two attached hydrogens (primary N) is 2. The van der Waals surface area contributed by atoms with Crippen LogP contribution in [0.3, 0.4) is 0 Å². The first-order chi connectivity index (χ1) is 51.9. The summed E-state index contributed by atoms with van der Waals surface area (Å²) in [5, 5.41) is 35.4. The maximum Gasteiger partial charge on any atom is 0.496 e. The number of aliphatic hydroxyl groups excluding tert-OH is 2. The Kier molecular flexibility index (Phi) is 57.5. The molecule has 3 rings (SSSR count). The highest BCUT2D eigenvalue weighted by molar-refractivity contribution is 8.31. The average molecular weight is 1760 g/mol. The van der Waals surface area contributed by atoms with Gasteiger partial charge in [0.15, 0.2) is 12.2 Å². The van der Waals surface area contributed by atoms with Crippen LogP contribution in [-0.2, 0) is 115 Å². The number of hydrogen-bond acceptors (Lipinski definition) is 28. The smallest absolute Gasteiger partial charge is 0.496 e. The molecule has 3 aliphatic rings. The van der Waals surface area contributed by atoms with Crippen LogP contribution in [0.5, 0.6) is 0 Å². The normalized spacial score (nSPS) is 17.3. The van der Waals surface area contributed by atoms with Gasteiger partial charge >= 0.3 is 41.2 Å². The van der Waals surface area contributed by atoms with Crippen molar-refractivity contribution in [1.29, 1.82) is 0 Å². The Morgan fingerprint density at radius 2 is 0.991 bits per heavy atom. The van der Waals surface area contributed by atoms with Gasteiger partial charge in [-0.15, -0.1) is 38.0 Å². The Morgan fingerprint density at radius 3 is 1.26 bits per heavy atom. The monoisotopic (exact) mass is 1760 g/mol. The van der Waals surface area contributed by atoms with Gasteiger partial charge < -0.3 is 104 Å². The topological polar surface area (TPSA) is 482 Å². The van der Waals surface area contributed by atoms with Crippen molar-refractivity contribution in [2.75, 3.05) is 60.3 Å². The molecule has 670 valence electrons. The Morgan fingerprint density at radius 1 is 0.635 bits per heavy atom. The fraction of sp³-hybridized carbons (Fsp3) is 0.700. The molecular weight excluding hydrogens is 1640 g/mol. The SMILES string of the molecule is C=CC[C@@H](CO)NC(=O)CNC(=O)OC(C)(C)C.C=CC[C@H](N)CC(=O)O.C=CC[C@H](N)CO.C=CC[C@H]1COC(C)(C)N1C(=O)CNC(=O)OC(C)(C)C.C=CC[C@H]1COC(C)(C)N1C(=O)C[CH2+].CC(C)(C)OC(=O)NCC(=O)ON1C(=O)CCC1=O.COC(C)(C)OC.C[Si](C)(C)OS(=O)(=S)C(F)(F)F.O=S([O-])(=S)C(F)(F)F. The minimum absolute atomic E-state index is 0.0195. The molecule has 8 amide bonds. The molecule has 0 aromatic heterocycles. The maximum atomic E-state index is 12.4. The molecule has 45 heteroatoms. The number of hydrogen-bond donors (Lipinski definition) is 9. The van der Waals surface area contributed by atoms with Crippen molar-refractivity contribution in [2.24, 2.45) is 11.5 Å². The van der Waals surface area contributed by atoms with Crippen LogP contribution in [0.15, 0.2) is 63.3 Å². The predicted molar refractivity (Wildman–Crippen MR) is 426 cm³/mol. The lowest BCUT2D eigenvalue weighted by atomic mass is 10.1. The minimum atomic E-state index is -5.28. The minimum Gasteiger partial charge on any atom is -0.763 e. The van der Waals surface area contributed by atoms with Crippen molar-refractivity contribution in [3.05, 3.63) is 70.2 Å². The number of carbonyl (C=O) groups is 10. The number of amides is 8. The van der Waals surface area contributed by atoms with Gasteiger partial charge in [0.25, 0.3) is 17.7 Å². The molecule has 0 bridgehead atoms. The second-order valence-electron chi connectivity index (χ2n) is 29.4. The van der Waals surface area contributed by atoms with Gasteiger partial charge in [0, 0.05) is 50.3 Å². The molecule has 0 spiro atoms. The van der Waals surface area contributed by atoms with E-state index in [1.165, 1.54) is 19.6 Å². The van der Waals surface area contributed by atoms with E-state index in [1.54, 1.807) is 111 Å². The Labute approximate surface area is 683 Å². The molecule has 0 aromatic carbocycles. The van der Waals surface area contributed by atoms with Crippen LogP contribution in [0, 0.1) is 6.92 Å². The second-order valence-corrected chi connectivity index (χ2v) is 39.7. The number of rotatable bonds is 27. The molecule has 11 N–H and O–H groups in total. The zero-order chi connectivity index (χ0) is 91.9. The lowest BCUT2D eigenvalue weighted by molar-refractivity contribution is -0.196. The van der Waals surface area contributed by atoms with Crippen LogP contribution in [-0.4, -0.2) is 247 Å². The van der Waals surface area contributed by atoms with Gasteiger partial charge in [-0.1, -0.05) is 30.4 Å². The number of aliphatic carboxylic acids is 1. The summed E-state index contributed by atoms with van der Waals surface area (Å²) in [6.45, 7) is 52.7. The summed E-state index contributed by atoms with van der Waals surface area (Å²) in [4.78, 5) is 121. The van der Waals surface area contributed by atoms with E-state index >= 15 is 0 Å². The Hall–Kier alpha value is -6.99. The van der Waals surface area contributed by atoms with Crippen molar-refractivity contribution in [2.45, 2.75) is 257 Å². The summed E-state index contributed by atoms with van der Waals surface area (Å²) in [7, 11) is -9.09. The van der Waals surface area contributed by atoms with E-state index in [2.05, 4.69) is 92.2 Å². The summed E-state index contributed by atoms with van der Waals surface area (Å²) < 4.78 is 138. The number of alkyl carbamates (subject to hydrolysis) is 3. The van der Waals surface area contributed by atoms with Gasteiger partial charge in [-0.05, 0) is 167 Å². The number of carboxylic acid groups (broad SMARTS) is 1. The number of carbonyl (C=O) groups excluding carboxylic acids is 9. The van der Waals surface area contributed by atoms with Gasteiger partial charge in [0.05, 0.1) is 66.7 Å². The number of nitrogens with zero attached hydrogens (tertiary/aromatic N) is 3. The zero-order valence-electron chi connectivity index (χ0n) is 69.6.